The largest absolute Gasteiger partial charge is 0.496 e. The molecule has 0 fully saturated rings. The first kappa shape index (κ1) is 15.8. The van der Waals surface area contributed by atoms with Crippen LogP contribution in [-0.4, -0.2) is 13.7 Å². The monoisotopic (exact) mass is 317 g/mol. The van der Waals surface area contributed by atoms with Crippen molar-refractivity contribution in [1.29, 1.82) is 0 Å². The molecule has 0 aromatic heterocycles. The minimum absolute atomic E-state index is 0.357. The number of benzene rings is 2. The van der Waals surface area contributed by atoms with Gasteiger partial charge in [-0.25, -0.2) is 0 Å². The molecule has 0 saturated carbocycles. The fourth-order valence-corrected chi connectivity index (χ4v) is 3.06. The minimum Gasteiger partial charge on any atom is -0.496 e. The first-order chi connectivity index (χ1) is 10.2. The first-order valence-electron chi connectivity index (χ1n) is 6.47. The van der Waals surface area contributed by atoms with E-state index in [0.29, 0.717) is 6.54 Å². The highest BCUT2D eigenvalue weighted by molar-refractivity contribution is 7.98. The highest BCUT2D eigenvalue weighted by atomic mass is 35.5. The molecule has 0 spiro atoms. The van der Waals surface area contributed by atoms with Gasteiger partial charge in [-0.3, -0.25) is 0 Å². The van der Waals surface area contributed by atoms with Gasteiger partial charge in [0.2, 0.25) is 0 Å². The lowest BCUT2D eigenvalue weighted by molar-refractivity contribution is 0.411. The Morgan fingerprint density at radius 3 is 2.76 bits per heavy atom. The number of hydrogen-bond acceptors (Lipinski definition) is 3. The SMILES string of the molecule is COc1ccc(C#CCN)cc1CSc1ccccc1Cl. The van der Waals surface area contributed by atoms with E-state index in [9.17, 15) is 0 Å². The normalized spacial score (nSPS) is 9.86. The zero-order valence-corrected chi connectivity index (χ0v) is 13.3. The van der Waals surface area contributed by atoms with Gasteiger partial charge in [0.1, 0.15) is 5.75 Å². The van der Waals surface area contributed by atoms with Crippen molar-refractivity contribution in [2.24, 2.45) is 5.73 Å². The summed E-state index contributed by atoms with van der Waals surface area (Å²) in [6.45, 7) is 0.357. The molecule has 0 unspecified atom stereocenters. The number of thioether (sulfide) groups is 1. The van der Waals surface area contributed by atoms with E-state index in [4.69, 9.17) is 22.1 Å². The fraction of sp³-hybridized carbons (Fsp3) is 0.176. The summed E-state index contributed by atoms with van der Waals surface area (Å²) in [5, 5.41) is 0.764. The molecule has 2 aromatic carbocycles. The molecule has 2 N–H and O–H groups in total. The summed E-state index contributed by atoms with van der Waals surface area (Å²) in [4.78, 5) is 1.06. The van der Waals surface area contributed by atoms with Gasteiger partial charge >= 0.3 is 0 Å². The number of rotatable bonds is 4. The molecule has 0 atom stereocenters. The first-order valence-corrected chi connectivity index (χ1v) is 7.84. The topological polar surface area (TPSA) is 35.2 Å². The quantitative estimate of drug-likeness (QED) is 0.685. The van der Waals surface area contributed by atoms with Crippen LogP contribution in [0.3, 0.4) is 0 Å². The second-order valence-electron chi connectivity index (χ2n) is 4.25. The molecule has 108 valence electrons. The third-order valence-electron chi connectivity index (χ3n) is 2.84. The summed E-state index contributed by atoms with van der Waals surface area (Å²) in [6, 6.07) is 13.7. The second kappa shape index (κ2) is 7.99. The third kappa shape index (κ3) is 4.44. The van der Waals surface area contributed by atoms with Crippen molar-refractivity contribution in [2.75, 3.05) is 13.7 Å². The van der Waals surface area contributed by atoms with Gasteiger partial charge in [-0.2, -0.15) is 0 Å². The van der Waals surface area contributed by atoms with Crippen LogP contribution in [0.25, 0.3) is 0 Å². The number of hydrogen-bond donors (Lipinski definition) is 1. The van der Waals surface area contributed by atoms with E-state index in [-0.39, 0.29) is 0 Å². The minimum atomic E-state index is 0.357. The molecular formula is C17H16ClNOS. The Bertz CT molecular complexity index is 676. The van der Waals surface area contributed by atoms with Crippen LogP contribution >= 0.6 is 23.4 Å². The van der Waals surface area contributed by atoms with Crippen LogP contribution in [0.2, 0.25) is 5.02 Å². The smallest absolute Gasteiger partial charge is 0.122 e. The van der Waals surface area contributed by atoms with Crippen molar-refractivity contribution < 1.29 is 4.74 Å². The summed E-state index contributed by atoms with van der Waals surface area (Å²) in [5.74, 6) is 7.52. The van der Waals surface area contributed by atoms with Gasteiger partial charge in [0, 0.05) is 21.8 Å². The van der Waals surface area contributed by atoms with E-state index in [1.54, 1.807) is 18.9 Å². The Balaban J connectivity index is 2.19. The average Bonchev–Trinajstić information content (AvgIpc) is 2.52. The molecule has 0 heterocycles. The van der Waals surface area contributed by atoms with Gasteiger partial charge in [-0.15, -0.1) is 11.8 Å². The molecule has 0 amide bonds. The Hall–Kier alpha value is -1.60. The summed E-state index contributed by atoms with van der Waals surface area (Å²) < 4.78 is 5.40. The number of ether oxygens (including phenoxy) is 1. The summed E-state index contributed by atoms with van der Waals surface area (Å²) in [7, 11) is 1.67. The Kier molecular flexibility index (Phi) is 6.01. The van der Waals surface area contributed by atoms with Crippen LogP contribution in [0.5, 0.6) is 5.75 Å². The lowest BCUT2D eigenvalue weighted by Gasteiger charge is -2.09. The van der Waals surface area contributed by atoms with Crippen LogP contribution in [0.4, 0.5) is 0 Å². The predicted octanol–water partition coefficient (Wildman–Crippen LogP) is 3.95. The molecule has 0 bridgehead atoms. The van der Waals surface area contributed by atoms with Crippen LogP contribution in [-0.2, 0) is 5.75 Å². The van der Waals surface area contributed by atoms with Crippen LogP contribution in [0.15, 0.2) is 47.4 Å². The maximum absolute atomic E-state index is 6.18. The third-order valence-corrected chi connectivity index (χ3v) is 4.40. The van der Waals surface area contributed by atoms with E-state index in [1.807, 2.05) is 42.5 Å². The van der Waals surface area contributed by atoms with Crippen molar-refractivity contribution >= 4 is 23.4 Å². The molecule has 0 aliphatic heterocycles. The van der Waals surface area contributed by atoms with E-state index < -0.39 is 0 Å². The van der Waals surface area contributed by atoms with Gasteiger partial charge in [0.25, 0.3) is 0 Å². The lowest BCUT2D eigenvalue weighted by Crippen LogP contribution is -1.94. The zero-order valence-electron chi connectivity index (χ0n) is 11.7. The highest BCUT2D eigenvalue weighted by Gasteiger charge is 2.06. The van der Waals surface area contributed by atoms with E-state index in [1.165, 1.54) is 0 Å². The highest BCUT2D eigenvalue weighted by Crippen LogP contribution is 2.32. The van der Waals surface area contributed by atoms with Crippen molar-refractivity contribution in [3.8, 4) is 17.6 Å². The molecule has 2 aromatic rings. The van der Waals surface area contributed by atoms with E-state index in [0.717, 1.165) is 32.5 Å². The molecule has 0 aliphatic rings. The second-order valence-corrected chi connectivity index (χ2v) is 5.68. The van der Waals surface area contributed by atoms with Crippen LogP contribution in [0.1, 0.15) is 11.1 Å². The standard InChI is InChI=1S/C17H16ClNOS/c1-20-16-9-8-13(5-4-10-19)11-14(16)12-21-17-7-3-2-6-15(17)18/h2-3,6-9,11H,10,12,19H2,1H3. The molecule has 2 nitrogen and oxygen atoms in total. The molecule has 21 heavy (non-hydrogen) atoms. The summed E-state index contributed by atoms with van der Waals surface area (Å²) >= 11 is 7.85. The molecular weight excluding hydrogens is 302 g/mol. The Morgan fingerprint density at radius 2 is 2.05 bits per heavy atom. The Morgan fingerprint density at radius 1 is 1.24 bits per heavy atom. The van der Waals surface area contributed by atoms with Crippen molar-refractivity contribution in [3.63, 3.8) is 0 Å². The Labute approximate surface area is 134 Å². The maximum atomic E-state index is 6.18. The van der Waals surface area contributed by atoms with Crippen LogP contribution < -0.4 is 10.5 Å². The molecule has 2 rings (SSSR count). The van der Waals surface area contributed by atoms with E-state index >= 15 is 0 Å². The van der Waals surface area contributed by atoms with E-state index in [2.05, 4.69) is 11.8 Å². The summed E-state index contributed by atoms with van der Waals surface area (Å²) in [5.41, 5.74) is 7.43. The van der Waals surface area contributed by atoms with Gasteiger partial charge in [0.15, 0.2) is 0 Å². The number of methoxy groups -OCH3 is 1. The van der Waals surface area contributed by atoms with Gasteiger partial charge in [0.05, 0.1) is 18.7 Å². The van der Waals surface area contributed by atoms with Gasteiger partial charge < -0.3 is 10.5 Å². The molecule has 0 saturated heterocycles. The molecule has 0 radical (unpaired) electrons. The maximum Gasteiger partial charge on any atom is 0.122 e. The van der Waals surface area contributed by atoms with Gasteiger partial charge in [-0.1, -0.05) is 35.6 Å². The van der Waals surface area contributed by atoms with Crippen LogP contribution in [0, 0.1) is 11.8 Å². The summed E-state index contributed by atoms with van der Waals surface area (Å²) in [6.07, 6.45) is 0. The number of halogens is 1. The van der Waals surface area contributed by atoms with Crippen molar-refractivity contribution in [1.82, 2.24) is 0 Å². The van der Waals surface area contributed by atoms with Gasteiger partial charge in [-0.05, 0) is 30.3 Å². The van der Waals surface area contributed by atoms with Crippen molar-refractivity contribution in [2.45, 2.75) is 10.6 Å². The molecule has 0 aliphatic carbocycles. The predicted molar refractivity (Wildman–Crippen MR) is 89.9 cm³/mol. The fourth-order valence-electron chi connectivity index (χ4n) is 1.84. The van der Waals surface area contributed by atoms with Crippen molar-refractivity contribution in [3.05, 3.63) is 58.6 Å². The lowest BCUT2D eigenvalue weighted by atomic mass is 10.1. The number of nitrogens with two attached hydrogens (primary N) is 1. The molecule has 4 heteroatoms. The zero-order chi connectivity index (χ0) is 15.1. The average molecular weight is 318 g/mol.